The number of nitriles is 1. The van der Waals surface area contributed by atoms with Crippen molar-refractivity contribution in [1.29, 1.82) is 5.26 Å². The molecule has 1 aromatic carbocycles. The number of hydrogen-bond donors (Lipinski definition) is 1. The maximum atomic E-state index is 12.9. The zero-order valence-electron chi connectivity index (χ0n) is 11.3. The Hall–Kier alpha value is -1.70. The molecular formula is C15H17F3N2. The maximum Gasteiger partial charge on any atom is 0.417 e. The summed E-state index contributed by atoms with van der Waals surface area (Å²) in [4.78, 5) is 0. The summed E-state index contributed by atoms with van der Waals surface area (Å²) in [7, 11) is 0. The molecule has 1 aromatic rings. The summed E-state index contributed by atoms with van der Waals surface area (Å²) >= 11 is 0. The summed E-state index contributed by atoms with van der Waals surface area (Å²) < 4.78 is 38.6. The van der Waals surface area contributed by atoms with Crippen molar-refractivity contribution >= 4 is 5.69 Å². The third-order valence-electron chi connectivity index (χ3n) is 4.28. The standard InChI is InChI=1S/C15H17F3N2/c1-2-14(6-3-7-14)10-20-12-5-4-11(9-19)13(8-12)15(16,17)18/h4-5,8,20H,2-3,6-7,10H2,1H3. The van der Waals surface area contributed by atoms with E-state index in [1.54, 1.807) is 6.07 Å². The van der Waals surface area contributed by atoms with Crippen LogP contribution in [0.4, 0.5) is 18.9 Å². The first kappa shape index (κ1) is 14.7. The van der Waals surface area contributed by atoms with Crippen LogP contribution in [0.2, 0.25) is 0 Å². The van der Waals surface area contributed by atoms with Gasteiger partial charge in [0.25, 0.3) is 0 Å². The van der Waals surface area contributed by atoms with Gasteiger partial charge in [0.2, 0.25) is 0 Å². The van der Waals surface area contributed by atoms with Crippen LogP contribution in [0.1, 0.15) is 43.7 Å². The number of nitrogens with zero attached hydrogens (tertiary/aromatic N) is 1. The first-order valence-electron chi connectivity index (χ1n) is 6.75. The number of rotatable bonds is 4. The van der Waals surface area contributed by atoms with Gasteiger partial charge in [0.15, 0.2) is 0 Å². The molecule has 0 aromatic heterocycles. The minimum absolute atomic E-state index is 0.228. The Morgan fingerprint density at radius 3 is 2.50 bits per heavy atom. The minimum atomic E-state index is -4.50. The molecule has 1 aliphatic rings. The van der Waals surface area contributed by atoms with Gasteiger partial charge in [-0.05, 0) is 42.9 Å². The topological polar surface area (TPSA) is 35.8 Å². The van der Waals surface area contributed by atoms with Crippen molar-refractivity contribution in [2.45, 2.75) is 38.8 Å². The van der Waals surface area contributed by atoms with E-state index in [1.807, 2.05) is 0 Å². The first-order valence-corrected chi connectivity index (χ1v) is 6.75. The van der Waals surface area contributed by atoms with Crippen LogP contribution in [0.5, 0.6) is 0 Å². The summed E-state index contributed by atoms with van der Waals surface area (Å²) in [5.41, 5.74) is -0.552. The summed E-state index contributed by atoms with van der Waals surface area (Å²) in [5.74, 6) is 0. The highest BCUT2D eigenvalue weighted by atomic mass is 19.4. The van der Waals surface area contributed by atoms with E-state index in [0.717, 1.165) is 25.3 Å². The lowest BCUT2D eigenvalue weighted by molar-refractivity contribution is -0.137. The van der Waals surface area contributed by atoms with Gasteiger partial charge in [0.1, 0.15) is 0 Å². The molecule has 20 heavy (non-hydrogen) atoms. The molecule has 0 saturated heterocycles. The highest BCUT2D eigenvalue weighted by molar-refractivity contribution is 5.53. The average molecular weight is 282 g/mol. The Balaban J connectivity index is 2.15. The van der Waals surface area contributed by atoms with E-state index in [4.69, 9.17) is 5.26 Å². The molecule has 1 aliphatic carbocycles. The highest BCUT2D eigenvalue weighted by Crippen LogP contribution is 2.44. The fraction of sp³-hybridized carbons (Fsp3) is 0.533. The third kappa shape index (κ3) is 2.90. The number of benzene rings is 1. The zero-order chi connectivity index (χ0) is 14.8. The van der Waals surface area contributed by atoms with Crippen LogP contribution in [0.25, 0.3) is 0 Å². The fourth-order valence-electron chi connectivity index (χ4n) is 2.61. The number of nitrogens with one attached hydrogen (secondary N) is 1. The molecule has 5 heteroatoms. The van der Waals surface area contributed by atoms with Crippen molar-refractivity contribution in [3.8, 4) is 6.07 Å². The van der Waals surface area contributed by atoms with Crippen LogP contribution in [-0.2, 0) is 6.18 Å². The highest BCUT2D eigenvalue weighted by Gasteiger charge is 2.36. The van der Waals surface area contributed by atoms with Gasteiger partial charge in [-0.2, -0.15) is 18.4 Å². The van der Waals surface area contributed by atoms with E-state index in [-0.39, 0.29) is 11.0 Å². The van der Waals surface area contributed by atoms with Crippen molar-refractivity contribution < 1.29 is 13.2 Å². The predicted molar refractivity (Wildman–Crippen MR) is 71.2 cm³/mol. The number of halogens is 3. The quantitative estimate of drug-likeness (QED) is 0.878. The molecule has 108 valence electrons. The molecule has 0 bridgehead atoms. The molecular weight excluding hydrogens is 265 g/mol. The first-order chi connectivity index (χ1) is 9.40. The Morgan fingerprint density at radius 2 is 2.05 bits per heavy atom. The van der Waals surface area contributed by atoms with Gasteiger partial charge in [-0.3, -0.25) is 0 Å². The van der Waals surface area contributed by atoms with E-state index in [2.05, 4.69) is 12.2 Å². The number of alkyl halides is 3. The average Bonchev–Trinajstić information content (AvgIpc) is 2.37. The van der Waals surface area contributed by atoms with Crippen LogP contribution in [0.15, 0.2) is 18.2 Å². The van der Waals surface area contributed by atoms with Gasteiger partial charge < -0.3 is 5.32 Å². The van der Waals surface area contributed by atoms with Crippen molar-refractivity contribution in [2.75, 3.05) is 11.9 Å². The van der Waals surface area contributed by atoms with Gasteiger partial charge in [0.05, 0.1) is 17.2 Å². The second kappa shape index (κ2) is 5.35. The van der Waals surface area contributed by atoms with Gasteiger partial charge in [0, 0.05) is 12.2 Å². The van der Waals surface area contributed by atoms with E-state index in [0.29, 0.717) is 12.2 Å². The molecule has 0 aliphatic heterocycles. The van der Waals surface area contributed by atoms with Crippen LogP contribution < -0.4 is 5.32 Å². The molecule has 0 unspecified atom stereocenters. The molecule has 1 fully saturated rings. The van der Waals surface area contributed by atoms with Crippen molar-refractivity contribution in [3.63, 3.8) is 0 Å². The summed E-state index contributed by atoms with van der Waals surface area (Å²) in [6, 6.07) is 5.38. The summed E-state index contributed by atoms with van der Waals surface area (Å²) in [6.07, 6.45) is -0.0292. The SMILES string of the molecule is CCC1(CNc2ccc(C#N)c(C(F)(F)F)c2)CCC1. The van der Waals surface area contributed by atoms with Crippen molar-refractivity contribution in [3.05, 3.63) is 29.3 Å². The predicted octanol–water partition coefficient (Wildman–Crippen LogP) is 4.57. The van der Waals surface area contributed by atoms with E-state index >= 15 is 0 Å². The smallest absolute Gasteiger partial charge is 0.384 e. The molecule has 1 N–H and O–H groups in total. The lowest BCUT2D eigenvalue weighted by atomic mass is 9.67. The van der Waals surface area contributed by atoms with Crippen LogP contribution in [0.3, 0.4) is 0 Å². The molecule has 0 radical (unpaired) electrons. The lowest BCUT2D eigenvalue weighted by Crippen LogP contribution is -2.35. The second-order valence-electron chi connectivity index (χ2n) is 5.43. The fourth-order valence-corrected chi connectivity index (χ4v) is 2.61. The van der Waals surface area contributed by atoms with Gasteiger partial charge >= 0.3 is 6.18 Å². The zero-order valence-corrected chi connectivity index (χ0v) is 11.3. The molecule has 0 atom stereocenters. The van der Waals surface area contributed by atoms with Crippen molar-refractivity contribution in [1.82, 2.24) is 0 Å². The van der Waals surface area contributed by atoms with E-state index < -0.39 is 11.7 Å². The van der Waals surface area contributed by atoms with Crippen LogP contribution in [-0.4, -0.2) is 6.54 Å². The van der Waals surface area contributed by atoms with Gasteiger partial charge in [-0.1, -0.05) is 13.3 Å². The molecule has 0 spiro atoms. The molecule has 2 nitrogen and oxygen atoms in total. The Morgan fingerprint density at radius 1 is 1.35 bits per heavy atom. The molecule has 2 rings (SSSR count). The Kier molecular flexibility index (Phi) is 3.94. The molecule has 1 saturated carbocycles. The third-order valence-corrected chi connectivity index (χ3v) is 4.28. The van der Waals surface area contributed by atoms with E-state index in [9.17, 15) is 13.2 Å². The summed E-state index contributed by atoms with van der Waals surface area (Å²) in [5, 5.41) is 11.8. The van der Waals surface area contributed by atoms with Gasteiger partial charge in [-0.15, -0.1) is 0 Å². The normalized spacial score (nSPS) is 17.1. The van der Waals surface area contributed by atoms with Crippen LogP contribution >= 0.6 is 0 Å². The Bertz CT molecular complexity index is 519. The summed E-state index contributed by atoms with van der Waals surface area (Å²) in [6.45, 7) is 2.80. The molecule has 0 amide bonds. The molecule has 0 heterocycles. The number of anilines is 1. The Labute approximate surface area is 116 Å². The minimum Gasteiger partial charge on any atom is -0.384 e. The monoisotopic (exact) mass is 282 g/mol. The van der Waals surface area contributed by atoms with Crippen molar-refractivity contribution in [2.24, 2.45) is 5.41 Å². The second-order valence-corrected chi connectivity index (χ2v) is 5.43. The van der Waals surface area contributed by atoms with Gasteiger partial charge in [-0.25, -0.2) is 0 Å². The van der Waals surface area contributed by atoms with Crippen LogP contribution in [0, 0.1) is 16.7 Å². The maximum absolute atomic E-state index is 12.9. The van der Waals surface area contributed by atoms with E-state index in [1.165, 1.54) is 18.6 Å². The largest absolute Gasteiger partial charge is 0.417 e. The lowest BCUT2D eigenvalue weighted by Gasteiger charge is -2.41. The number of hydrogen-bond acceptors (Lipinski definition) is 2.